The molecule has 0 aromatic heterocycles. The Labute approximate surface area is 123 Å². The summed E-state index contributed by atoms with van der Waals surface area (Å²) in [6, 6.07) is 13.1. The zero-order valence-electron chi connectivity index (χ0n) is 11.5. The number of rotatable bonds is 5. The van der Waals surface area contributed by atoms with E-state index in [0.29, 0.717) is 17.4 Å². The molecule has 0 bridgehead atoms. The summed E-state index contributed by atoms with van der Waals surface area (Å²) in [5.41, 5.74) is 1.79. The van der Waals surface area contributed by atoms with Crippen molar-refractivity contribution in [2.45, 2.75) is 6.92 Å². The van der Waals surface area contributed by atoms with Gasteiger partial charge in [0.25, 0.3) is 0 Å². The third kappa shape index (κ3) is 3.75. The minimum Gasteiger partial charge on any atom is -0.493 e. The molecule has 0 unspecified atom stereocenters. The van der Waals surface area contributed by atoms with Crippen molar-refractivity contribution in [2.24, 2.45) is 4.99 Å². The molecule has 0 spiro atoms. The first-order valence-electron chi connectivity index (χ1n) is 6.33. The van der Waals surface area contributed by atoms with E-state index in [2.05, 4.69) is 4.99 Å². The van der Waals surface area contributed by atoms with Gasteiger partial charge in [-0.25, -0.2) is 0 Å². The zero-order valence-corrected chi connectivity index (χ0v) is 12.2. The summed E-state index contributed by atoms with van der Waals surface area (Å²) in [5, 5.41) is 0.701. The molecular weight excluding hydrogens is 274 g/mol. The molecule has 0 aliphatic heterocycles. The Bertz CT molecular complexity index is 594. The molecule has 3 nitrogen and oxygen atoms in total. The number of methoxy groups -OCH3 is 1. The van der Waals surface area contributed by atoms with Gasteiger partial charge in [0.15, 0.2) is 11.5 Å². The van der Waals surface area contributed by atoms with Crippen LogP contribution in [-0.4, -0.2) is 19.9 Å². The summed E-state index contributed by atoms with van der Waals surface area (Å²) in [5.74, 6) is 1.44. The highest BCUT2D eigenvalue weighted by atomic mass is 35.5. The predicted octanol–water partition coefficient (Wildman–Crippen LogP) is 4.50. The second kappa shape index (κ2) is 6.96. The van der Waals surface area contributed by atoms with Crippen LogP contribution in [0.25, 0.3) is 0 Å². The van der Waals surface area contributed by atoms with Crippen LogP contribution in [0.1, 0.15) is 12.5 Å². The van der Waals surface area contributed by atoms with E-state index in [1.807, 2.05) is 49.4 Å². The molecule has 2 aromatic carbocycles. The third-order valence-corrected chi connectivity index (χ3v) is 2.93. The largest absolute Gasteiger partial charge is 0.493 e. The Balaban J connectivity index is 2.18. The van der Waals surface area contributed by atoms with E-state index in [1.165, 1.54) is 0 Å². The van der Waals surface area contributed by atoms with Gasteiger partial charge in [-0.2, -0.15) is 0 Å². The second-order valence-electron chi connectivity index (χ2n) is 4.08. The zero-order chi connectivity index (χ0) is 14.4. The average Bonchev–Trinajstić information content (AvgIpc) is 2.48. The van der Waals surface area contributed by atoms with Gasteiger partial charge in [-0.05, 0) is 55.0 Å². The van der Waals surface area contributed by atoms with Crippen molar-refractivity contribution in [3.63, 3.8) is 0 Å². The Kier molecular flexibility index (Phi) is 5.02. The maximum Gasteiger partial charge on any atom is 0.161 e. The molecule has 20 heavy (non-hydrogen) atoms. The summed E-state index contributed by atoms with van der Waals surface area (Å²) in [7, 11) is 1.62. The lowest BCUT2D eigenvalue weighted by molar-refractivity contribution is 0.311. The van der Waals surface area contributed by atoms with E-state index in [4.69, 9.17) is 21.1 Å². The summed E-state index contributed by atoms with van der Waals surface area (Å²) < 4.78 is 10.8. The average molecular weight is 290 g/mol. The highest BCUT2D eigenvalue weighted by Crippen LogP contribution is 2.27. The van der Waals surface area contributed by atoms with Crippen LogP contribution in [0.5, 0.6) is 11.5 Å². The first-order valence-corrected chi connectivity index (χ1v) is 6.71. The molecule has 2 rings (SSSR count). The summed E-state index contributed by atoms with van der Waals surface area (Å²) in [6.07, 6.45) is 1.78. The number of hydrogen-bond donors (Lipinski definition) is 0. The molecule has 104 valence electrons. The molecule has 0 amide bonds. The first-order chi connectivity index (χ1) is 9.72. The van der Waals surface area contributed by atoms with Gasteiger partial charge in [-0.3, -0.25) is 4.99 Å². The van der Waals surface area contributed by atoms with E-state index >= 15 is 0 Å². The minimum absolute atomic E-state index is 0.606. The number of nitrogens with zero attached hydrogens (tertiary/aromatic N) is 1. The molecule has 0 aliphatic rings. The lowest BCUT2D eigenvalue weighted by atomic mass is 10.2. The van der Waals surface area contributed by atoms with E-state index < -0.39 is 0 Å². The molecule has 0 N–H and O–H groups in total. The highest BCUT2D eigenvalue weighted by Gasteiger charge is 2.03. The van der Waals surface area contributed by atoms with Crippen molar-refractivity contribution in [1.29, 1.82) is 0 Å². The van der Waals surface area contributed by atoms with Crippen molar-refractivity contribution in [3.8, 4) is 11.5 Å². The number of halogens is 1. The molecular formula is C16H16ClNO2. The lowest BCUT2D eigenvalue weighted by Crippen LogP contribution is -1.96. The summed E-state index contributed by atoms with van der Waals surface area (Å²) >= 11 is 5.83. The third-order valence-electron chi connectivity index (χ3n) is 2.68. The van der Waals surface area contributed by atoms with Crippen molar-refractivity contribution in [3.05, 3.63) is 53.1 Å². The van der Waals surface area contributed by atoms with Gasteiger partial charge < -0.3 is 9.47 Å². The topological polar surface area (TPSA) is 30.8 Å². The Hall–Kier alpha value is -2.00. The van der Waals surface area contributed by atoms with Gasteiger partial charge in [-0.15, -0.1) is 0 Å². The van der Waals surface area contributed by atoms with Crippen LogP contribution in [0.15, 0.2) is 47.5 Å². The molecule has 0 radical (unpaired) electrons. The van der Waals surface area contributed by atoms with Crippen LogP contribution < -0.4 is 9.47 Å². The number of ether oxygens (including phenoxy) is 2. The first kappa shape index (κ1) is 14.4. The molecule has 0 heterocycles. The molecule has 0 fully saturated rings. The monoisotopic (exact) mass is 289 g/mol. The van der Waals surface area contributed by atoms with Crippen LogP contribution in [0.2, 0.25) is 5.02 Å². The fourth-order valence-electron chi connectivity index (χ4n) is 1.72. The standard InChI is InChI=1S/C16H16ClNO2/c1-3-20-15-9-4-12(10-16(15)19-2)11-18-14-7-5-13(17)6-8-14/h4-11H,3H2,1-2H3. The molecule has 0 atom stereocenters. The highest BCUT2D eigenvalue weighted by molar-refractivity contribution is 6.30. The van der Waals surface area contributed by atoms with Crippen LogP contribution in [-0.2, 0) is 0 Å². The van der Waals surface area contributed by atoms with E-state index in [1.54, 1.807) is 13.3 Å². The maximum absolute atomic E-state index is 5.83. The molecule has 2 aromatic rings. The molecule has 0 aliphatic carbocycles. The second-order valence-corrected chi connectivity index (χ2v) is 4.51. The Morgan fingerprint density at radius 2 is 1.85 bits per heavy atom. The number of aliphatic imine (C=N–C) groups is 1. The Morgan fingerprint density at radius 1 is 1.10 bits per heavy atom. The number of benzene rings is 2. The van der Waals surface area contributed by atoms with Crippen LogP contribution in [0.4, 0.5) is 5.69 Å². The predicted molar refractivity (Wildman–Crippen MR) is 82.9 cm³/mol. The summed E-state index contributed by atoms with van der Waals surface area (Å²) in [6.45, 7) is 2.55. The van der Waals surface area contributed by atoms with Crippen molar-refractivity contribution >= 4 is 23.5 Å². The lowest BCUT2D eigenvalue weighted by Gasteiger charge is -2.09. The van der Waals surface area contributed by atoms with E-state index in [0.717, 1.165) is 17.0 Å². The van der Waals surface area contributed by atoms with Crippen molar-refractivity contribution < 1.29 is 9.47 Å². The fourth-order valence-corrected chi connectivity index (χ4v) is 1.84. The van der Waals surface area contributed by atoms with Gasteiger partial charge >= 0.3 is 0 Å². The van der Waals surface area contributed by atoms with Gasteiger partial charge in [0.05, 0.1) is 19.4 Å². The SMILES string of the molecule is CCOc1ccc(C=Nc2ccc(Cl)cc2)cc1OC. The smallest absolute Gasteiger partial charge is 0.161 e. The van der Waals surface area contributed by atoms with Gasteiger partial charge in [0.2, 0.25) is 0 Å². The summed E-state index contributed by atoms with van der Waals surface area (Å²) in [4.78, 5) is 4.39. The molecule has 0 saturated heterocycles. The molecule has 0 saturated carbocycles. The van der Waals surface area contributed by atoms with E-state index in [-0.39, 0.29) is 0 Å². The van der Waals surface area contributed by atoms with Gasteiger partial charge in [-0.1, -0.05) is 11.6 Å². The molecule has 4 heteroatoms. The van der Waals surface area contributed by atoms with Gasteiger partial charge in [0, 0.05) is 11.2 Å². The minimum atomic E-state index is 0.606. The number of hydrogen-bond acceptors (Lipinski definition) is 3. The quantitative estimate of drug-likeness (QED) is 0.759. The normalized spacial score (nSPS) is 10.8. The van der Waals surface area contributed by atoms with E-state index in [9.17, 15) is 0 Å². The van der Waals surface area contributed by atoms with Crippen LogP contribution >= 0.6 is 11.6 Å². The maximum atomic E-state index is 5.83. The van der Waals surface area contributed by atoms with Crippen molar-refractivity contribution in [1.82, 2.24) is 0 Å². The van der Waals surface area contributed by atoms with Crippen LogP contribution in [0.3, 0.4) is 0 Å². The van der Waals surface area contributed by atoms with Gasteiger partial charge in [0.1, 0.15) is 0 Å². The van der Waals surface area contributed by atoms with Crippen molar-refractivity contribution in [2.75, 3.05) is 13.7 Å². The fraction of sp³-hybridized carbons (Fsp3) is 0.188. The van der Waals surface area contributed by atoms with Crippen LogP contribution in [0, 0.1) is 0 Å². The Morgan fingerprint density at radius 3 is 2.50 bits per heavy atom.